The molecule has 0 aromatic heterocycles. The van der Waals surface area contributed by atoms with Gasteiger partial charge in [-0.25, -0.2) is 8.78 Å². The third-order valence-electron chi connectivity index (χ3n) is 2.74. The van der Waals surface area contributed by atoms with E-state index >= 15 is 0 Å². The van der Waals surface area contributed by atoms with Crippen LogP contribution in [0.4, 0.5) is 8.78 Å². The van der Waals surface area contributed by atoms with Gasteiger partial charge in [-0.15, -0.1) is 0 Å². The normalized spacial score (nSPS) is 13.6. The number of nitrogens with zero attached hydrogens (tertiary/aromatic N) is 1. The van der Waals surface area contributed by atoms with Gasteiger partial charge in [-0.3, -0.25) is 4.90 Å². The van der Waals surface area contributed by atoms with Crippen LogP contribution in [0.5, 0.6) is 0 Å². The van der Waals surface area contributed by atoms with Crippen LogP contribution in [-0.4, -0.2) is 35.6 Å². The van der Waals surface area contributed by atoms with Crippen LogP contribution in [0.2, 0.25) is 0 Å². The first-order valence-corrected chi connectivity index (χ1v) is 6.65. The number of halogens is 3. The molecule has 0 aliphatic heterocycles. The van der Waals surface area contributed by atoms with Gasteiger partial charge in [0, 0.05) is 17.1 Å². The second-order valence-electron chi connectivity index (χ2n) is 4.51. The lowest BCUT2D eigenvalue weighted by Gasteiger charge is -2.28. The lowest BCUT2D eigenvalue weighted by atomic mass is 10.1. The van der Waals surface area contributed by atoms with E-state index in [9.17, 15) is 13.9 Å². The topological polar surface area (TPSA) is 23.5 Å². The lowest BCUT2D eigenvalue weighted by Crippen LogP contribution is -2.38. The van der Waals surface area contributed by atoms with E-state index in [1.165, 1.54) is 0 Å². The minimum atomic E-state index is -2.39. The molecule has 0 radical (unpaired) electrons. The van der Waals surface area contributed by atoms with Gasteiger partial charge in [0.1, 0.15) is 0 Å². The summed E-state index contributed by atoms with van der Waals surface area (Å²) in [6.45, 7) is 3.58. The van der Waals surface area contributed by atoms with Crippen LogP contribution >= 0.6 is 15.9 Å². The summed E-state index contributed by atoms with van der Waals surface area (Å²) in [6.07, 6.45) is -3.15. The average Bonchev–Trinajstić information content (AvgIpc) is 2.27. The van der Waals surface area contributed by atoms with Gasteiger partial charge in [0.25, 0.3) is 6.43 Å². The molecule has 18 heavy (non-hydrogen) atoms. The summed E-state index contributed by atoms with van der Waals surface area (Å²) in [7, 11) is 0. The summed E-state index contributed by atoms with van der Waals surface area (Å²) < 4.78 is 25.7. The highest BCUT2D eigenvalue weighted by molar-refractivity contribution is 9.10. The van der Waals surface area contributed by atoms with Crippen molar-refractivity contribution in [2.75, 3.05) is 13.1 Å². The molecule has 102 valence electrons. The summed E-state index contributed by atoms with van der Waals surface area (Å²) in [5.74, 6) is 0. The van der Waals surface area contributed by atoms with Gasteiger partial charge < -0.3 is 5.11 Å². The number of rotatable bonds is 6. The minimum Gasteiger partial charge on any atom is -0.387 e. The molecule has 1 aromatic carbocycles. The molecule has 0 fully saturated rings. The van der Waals surface area contributed by atoms with Crippen LogP contribution in [-0.2, 0) is 0 Å². The number of aliphatic hydroxyl groups excluding tert-OH is 1. The Morgan fingerprint density at radius 2 is 1.94 bits per heavy atom. The maximum Gasteiger partial charge on any atom is 0.251 e. The van der Waals surface area contributed by atoms with Crippen molar-refractivity contribution < 1.29 is 13.9 Å². The highest BCUT2D eigenvalue weighted by Crippen LogP contribution is 2.20. The Balaban J connectivity index is 2.69. The Kier molecular flexibility index (Phi) is 6.18. The first kappa shape index (κ1) is 15.5. The highest BCUT2D eigenvalue weighted by Gasteiger charge is 2.19. The van der Waals surface area contributed by atoms with Gasteiger partial charge in [0.05, 0.1) is 12.6 Å². The molecule has 1 aromatic rings. The molecular formula is C13H18BrF2NO. The summed E-state index contributed by atoms with van der Waals surface area (Å²) >= 11 is 3.32. The first-order valence-electron chi connectivity index (χ1n) is 5.86. The van der Waals surface area contributed by atoms with Gasteiger partial charge in [-0.1, -0.05) is 28.1 Å². The third kappa shape index (κ3) is 5.00. The molecule has 0 amide bonds. The van der Waals surface area contributed by atoms with E-state index in [-0.39, 0.29) is 19.1 Å². The number of benzene rings is 1. The summed E-state index contributed by atoms with van der Waals surface area (Å²) in [5, 5.41) is 10.1. The number of alkyl halides is 2. The van der Waals surface area contributed by atoms with E-state index in [1.54, 1.807) is 17.0 Å². The monoisotopic (exact) mass is 321 g/mol. The van der Waals surface area contributed by atoms with Crippen molar-refractivity contribution in [1.29, 1.82) is 0 Å². The number of hydrogen-bond donors (Lipinski definition) is 1. The van der Waals surface area contributed by atoms with Crippen molar-refractivity contribution in [2.24, 2.45) is 0 Å². The van der Waals surface area contributed by atoms with E-state index in [4.69, 9.17) is 0 Å². The molecule has 5 heteroatoms. The molecule has 1 unspecified atom stereocenters. The summed E-state index contributed by atoms with van der Waals surface area (Å²) in [5.41, 5.74) is 0.726. The molecule has 0 saturated carbocycles. The van der Waals surface area contributed by atoms with E-state index in [0.717, 1.165) is 10.0 Å². The van der Waals surface area contributed by atoms with E-state index in [0.29, 0.717) is 0 Å². The summed E-state index contributed by atoms with van der Waals surface area (Å²) in [6, 6.07) is 7.23. The zero-order chi connectivity index (χ0) is 13.7. The number of aliphatic hydroxyl groups is 1. The predicted molar refractivity (Wildman–Crippen MR) is 71.8 cm³/mol. The molecule has 0 saturated heterocycles. The van der Waals surface area contributed by atoms with Crippen molar-refractivity contribution in [1.82, 2.24) is 4.90 Å². The van der Waals surface area contributed by atoms with E-state index in [2.05, 4.69) is 15.9 Å². The maximum atomic E-state index is 12.4. The Morgan fingerprint density at radius 3 is 2.44 bits per heavy atom. The second kappa shape index (κ2) is 7.16. The molecule has 1 rings (SSSR count). The van der Waals surface area contributed by atoms with Crippen molar-refractivity contribution in [3.8, 4) is 0 Å². The standard InChI is InChI=1S/C13H18BrF2NO/c1-9(2)17(8-13(15)16)7-12(18)10-4-3-5-11(14)6-10/h3-6,9,12-13,18H,7-8H2,1-2H3. The molecular weight excluding hydrogens is 304 g/mol. The Labute approximate surface area is 115 Å². The molecule has 0 spiro atoms. The predicted octanol–water partition coefficient (Wildman–Crippen LogP) is 3.46. The SMILES string of the molecule is CC(C)N(CC(F)F)CC(O)c1cccc(Br)c1. The van der Waals surface area contributed by atoms with Crippen molar-refractivity contribution in [3.63, 3.8) is 0 Å². The molecule has 0 bridgehead atoms. The lowest BCUT2D eigenvalue weighted by molar-refractivity contribution is 0.0390. The zero-order valence-corrected chi connectivity index (χ0v) is 12.1. The Bertz CT molecular complexity index is 374. The fraction of sp³-hybridized carbons (Fsp3) is 0.538. The van der Waals surface area contributed by atoms with E-state index in [1.807, 2.05) is 26.0 Å². The van der Waals surface area contributed by atoms with Gasteiger partial charge in [0.15, 0.2) is 0 Å². The fourth-order valence-electron chi connectivity index (χ4n) is 1.71. The molecule has 1 N–H and O–H groups in total. The maximum absolute atomic E-state index is 12.4. The quantitative estimate of drug-likeness (QED) is 0.867. The van der Waals surface area contributed by atoms with Crippen LogP contribution in [0, 0.1) is 0 Å². The second-order valence-corrected chi connectivity index (χ2v) is 5.43. The van der Waals surface area contributed by atoms with Crippen molar-refractivity contribution >= 4 is 15.9 Å². The Morgan fingerprint density at radius 1 is 1.28 bits per heavy atom. The van der Waals surface area contributed by atoms with Crippen molar-refractivity contribution in [2.45, 2.75) is 32.4 Å². The highest BCUT2D eigenvalue weighted by atomic mass is 79.9. The van der Waals surface area contributed by atoms with E-state index < -0.39 is 12.5 Å². The van der Waals surface area contributed by atoms with Crippen LogP contribution in [0.3, 0.4) is 0 Å². The van der Waals surface area contributed by atoms with Gasteiger partial charge in [0.2, 0.25) is 0 Å². The molecule has 0 aliphatic rings. The minimum absolute atomic E-state index is 0.0270. The largest absolute Gasteiger partial charge is 0.387 e. The van der Waals surface area contributed by atoms with Crippen LogP contribution in [0.1, 0.15) is 25.5 Å². The summed E-state index contributed by atoms with van der Waals surface area (Å²) in [4.78, 5) is 1.58. The van der Waals surface area contributed by atoms with Crippen molar-refractivity contribution in [3.05, 3.63) is 34.3 Å². The van der Waals surface area contributed by atoms with Gasteiger partial charge in [-0.05, 0) is 31.5 Å². The smallest absolute Gasteiger partial charge is 0.251 e. The average molecular weight is 322 g/mol. The van der Waals surface area contributed by atoms with Crippen LogP contribution in [0.25, 0.3) is 0 Å². The molecule has 1 atom stereocenters. The Hall–Kier alpha value is -0.520. The van der Waals surface area contributed by atoms with Gasteiger partial charge in [-0.2, -0.15) is 0 Å². The fourth-order valence-corrected chi connectivity index (χ4v) is 2.13. The third-order valence-corrected chi connectivity index (χ3v) is 3.24. The first-order chi connectivity index (χ1) is 8.40. The van der Waals surface area contributed by atoms with Crippen LogP contribution < -0.4 is 0 Å². The number of hydrogen-bond acceptors (Lipinski definition) is 2. The molecule has 0 heterocycles. The van der Waals surface area contributed by atoms with Crippen LogP contribution in [0.15, 0.2) is 28.7 Å². The van der Waals surface area contributed by atoms with Gasteiger partial charge >= 0.3 is 0 Å². The molecule has 2 nitrogen and oxygen atoms in total. The molecule has 0 aliphatic carbocycles. The zero-order valence-electron chi connectivity index (χ0n) is 10.5.